The molecule has 88 valence electrons. The van der Waals surface area contributed by atoms with Gasteiger partial charge in [-0.25, -0.2) is 4.39 Å². The second-order valence-electron chi connectivity index (χ2n) is 4.10. The highest BCUT2D eigenvalue weighted by Crippen LogP contribution is 2.26. The van der Waals surface area contributed by atoms with E-state index < -0.39 is 10.7 Å². The summed E-state index contributed by atoms with van der Waals surface area (Å²) in [4.78, 5) is 10.2. The zero-order valence-electron chi connectivity index (χ0n) is 9.53. The number of anilines is 1. The van der Waals surface area contributed by atoms with Crippen LogP contribution in [0.15, 0.2) is 18.2 Å². The Labute approximate surface area is 93.6 Å². The van der Waals surface area contributed by atoms with Gasteiger partial charge in [0.2, 0.25) is 0 Å². The minimum atomic E-state index is -0.519. The molecule has 0 radical (unpaired) electrons. The highest BCUT2D eigenvalue weighted by atomic mass is 19.1. The third kappa shape index (κ3) is 2.92. The molecule has 5 heteroatoms. The van der Waals surface area contributed by atoms with E-state index in [1.54, 1.807) is 0 Å². The molecule has 0 bridgehead atoms. The monoisotopic (exact) mass is 226 g/mol. The predicted octanol–water partition coefficient (Wildman–Crippen LogP) is 3.19. The SMILES string of the molecule is CC(C)C(C)Nc1cc(F)ccc1[N+](=O)[O-]. The minimum absolute atomic E-state index is 0.0421. The summed E-state index contributed by atoms with van der Waals surface area (Å²) in [7, 11) is 0. The Morgan fingerprint density at radius 2 is 2.00 bits per heavy atom. The van der Waals surface area contributed by atoms with Crippen LogP contribution in [0.1, 0.15) is 20.8 Å². The largest absolute Gasteiger partial charge is 0.377 e. The summed E-state index contributed by atoms with van der Waals surface area (Å²) >= 11 is 0. The molecule has 1 aromatic carbocycles. The second kappa shape index (κ2) is 4.92. The molecule has 0 aliphatic carbocycles. The van der Waals surface area contributed by atoms with Crippen LogP contribution in [-0.2, 0) is 0 Å². The maximum atomic E-state index is 13.0. The van der Waals surface area contributed by atoms with E-state index in [1.807, 2.05) is 20.8 Å². The van der Waals surface area contributed by atoms with Crippen LogP contribution in [0.5, 0.6) is 0 Å². The van der Waals surface area contributed by atoms with E-state index >= 15 is 0 Å². The van der Waals surface area contributed by atoms with E-state index in [0.717, 1.165) is 12.1 Å². The maximum Gasteiger partial charge on any atom is 0.292 e. The standard InChI is InChI=1S/C11H15FN2O2/c1-7(2)8(3)13-10-6-9(12)4-5-11(10)14(15)16/h4-8,13H,1-3H3. The quantitative estimate of drug-likeness (QED) is 0.633. The minimum Gasteiger partial charge on any atom is -0.377 e. The van der Waals surface area contributed by atoms with E-state index in [0.29, 0.717) is 5.92 Å². The molecule has 1 atom stereocenters. The summed E-state index contributed by atoms with van der Waals surface area (Å²) in [6.07, 6.45) is 0. The molecule has 0 saturated carbocycles. The van der Waals surface area contributed by atoms with Gasteiger partial charge in [0.1, 0.15) is 11.5 Å². The van der Waals surface area contributed by atoms with Crippen molar-refractivity contribution in [3.8, 4) is 0 Å². The summed E-state index contributed by atoms with van der Waals surface area (Å²) in [5.41, 5.74) is 0.125. The number of nitrogens with one attached hydrogen (secondary N) is 1. The first-order chi connectivity index (χ1) is 7.41. The molecule has 1 aromatic rings. The topological polar surface area (TPSA) is 55.2 Å². The first kappa shape index (κ1) is 12.4. The molecule has 1 rings (SSSR count). The van der Waals surface area contributed by atoms with Crippen molar-refractivity contribution in [1.29, 1.82) is 0 Å². The summed E-state index contributed by atoms with van der Waals surface area (Å²) in [6, 6.07) is 3.45. The molecule has 0 amide bonds. The Kier molecular flexibility index (Phi) is 3.82. The Balaban J connectivity index is 3.01. The lowest BCUT2D eigenvalue weighted by atomic mass is 10.1. The normalized spacial score (nSPS) is 12.6. The number of nitro benzene ring substituents is 1. The highest BCUT2D eigenvalue weighted by molar-refractivity contribution is 5.61. The molecular formula is C11H15FN2O2. The number of nitrogens with zero attached hydrogens (tertiary/aromatic N) is 1. The number of benzene rings is 1. The lowest BCUT2D eigenvalue weighted by molar-refractivity contribution is -0.384. The number of halogens is 1. The highest BCUT2D eigenvalue weighted by Gasteiger charge is 2.17. The van der Waals surface area contributed by atoms with Gasteiger partial charge in [0.05, 0.1) is 4.92 Å². The third-order valence-corrected chi connectivity index (χ3v) is 2.54. The summed E-state index contributed by atoms with van der Waals surface area (Å²) in [5.74, 6) is -0.174. The lowest BCUT2D eigenvalue weighted by Gasteiger charge is -2.18. The van der Waals surface area contributed by atoms with Crippen molar-refractivity contribution in [3.63, 3.8) is 0 Å². The van der Waals surface area contributed by atoms with E-state index in [4.69, 9.17) is 0 Å². The van der Waals surface area contributed by atoms with Gasteiger partial charge in [0, 0.05) is 18.2 Å². The van der Waals surface area contributed by atoms with E-state index in [9.17, 15) is 14.5 Å². The van der Waals surface area contributed by atoms with Crippen LogP contribution in [-0.4, -0.2) is 11.0 Å². The molecule has 4 nitrogen and oxygen atoms in total. The van der Waals surface area contributed by atoms with Gasteiger partial charge in [0.15, 0.2) is 0 Å². The van der Waals surface area contributed by atoms with Crippen molar-refractivity contribution in [3.05, 3.63) is 34.1 Å². The summed E-state index contributed by atoms with van der Waals surface area (Å²) in [5, 5.41) is 13.7. The average Bonchev–Trinajstić information content (AvgIpc) is 2.16. The van der Waals surface area contributed by atoms with Crippen molar-refractivity contribution >= 4 is 11.4 Å². The van der Waals surface area contributed by atoms with Gasteiger partial charge in [-0.2, -0.15) is 0 Å². The Morgan fingerprint density at radius 3 is 2.50 bits per heavy atom. The first-order valence-corrected chi connectivity index (χ1v) is 5.12. The van der Waals surface area contributed by atoms with Crippen LogP contribution < -0.4 is 5.32 Å². The van der Waals surface area contributed by atoms with Crippen LogP contribution in [0.25, 0.3) is 0 Å². The van der Waals surface area contributed by atoms with Crippen LogP contribution in [0, 0.1) is 21.8 Å². The fourth-order valence-electron chi connectivity index (χ4n) is 1.20. The van der Waals surface area contributed by atoms with Crippen LogP contribution >= 0.6 is 0 Å². The van der Waals surface area contributed by atoms with Crippen molar-refractivity contribution in [2.75, 3.05) is 5.32 Å². The number of nitro groups is 1. The van der Waals surface area contributed by atoms with Gasteiger partial charge < -0.3 is 5.32 Å². The van der Waals surface area contributed by atoms with Crippen molar-refractivity contribution in [2.45, 2.75) is 26.8 Å². The Bertz CT molecular complexity index is 394. The van der Waals surface area contributed by atoms with Gasteiger partial charge in [-0.3, -0.25) is 10.1 Å². The van der Waals surface area contributed by atoms with Crippen LogP contribution in [0.4, 0.5) is 15.8 Å². The lowest BCUT2D eigenvalue weighted by Crippen LogP contribution is -2.22. The van der Waals surface area contributed by atoms with Crippen LogP contribution in [0.3, 0.4) is 0 Å². The molecule has 16 heavy (non-hydrogen) atoms. The van der Waals surface area contributed by atoms with E-state index in [-0.39, 0.29) is 17.4 Å². The number of rotatable bonds is 4. The van der Waals surface area contributed by atoms with Crippen LogP contribution in [0.2, 0.25) is 0 Å². The Hall–Kier alpha value is -1.65. The zero-order chi connectivity index (χ0) is 12.3. The molecule has 0 saturated heterocycles. The van der Waals surface area contributed by atoms with Gasteiger partial charge in [-0.05, 0) is 18.9 Å². The van der Waals surface area contributed by atoms with Gasteiger partial charge in [0.25, 0.3) is 5.69 Å². The predicted molar refractivity (Wildman–Crippen MR) is 61.0 cm³/mol. The molecule has 0 heterocycles. The molecule has 0 aliphatic rings. The smallest absolute Gasteiger partial charge is 0.292 e. The van der Waals surface area contributed by atoms with Gasteiger partial charge in [-0.15, -0.1) is 0 Å². The zero-order valence-corrected chi connectivity index (χ0v) is 9.53. The fourth-order valence-corrected chi connectivity index (χ4v) is 1.20. The van der Waals surface area contributed by atoms with E-state index in [2.05, 4.69) is 5.32 Å². The Morgan fingerprint density at radius 1 is 1.38 bits per heavy atom. The number of hydrogen-bond acceptors (Lipinski definition) is 3. The summed E-state index contributed by atoms with van der Waals surface area (Å²) < 4.78 is 13.0. The fraction of sp³-hybridized carbons (Fsp3) is 0.455. The molecule has 1 unspecified atom stereocenters. The van der Waals surface area contributed by atoms with Gasteiger partial charge in [-0.1, -0.05) is 13.8 Å². The molecule has 0 spiro atoms. The third-order valence-electron chi connectivity index (χ3n) is 2.54. The summed E-state index contributed by atoms with van der Waals surface area (Å²) in [6.45, 7) is 5.88. The molecule has 1 N–H and O–H groups in total. The molecular weight excluding hydrogens is 211 g/mol. The van der Waals surface area contributed by atoms with Crippen molar-refractivity contribution in [1.82, 2.24) is 0 Å². The average molecular weight is 226 g/mol. The maximum absolute atomic E-state index is 13.0. The van der Waals surface area contributed by atoms with E-state index in [1.165, 1.54) is 6.07 Å². The molecule has 0 fully saturated rings. The second-order valence-corrected chi connectivity index (χ2v) is 4.10. The van der Waals surface area contributed by atoms with Crippen molar-refractivity contribution < 1.29 is 9.31 Å². The van der Waals surface area contributed by atoms with Crippen molar-refractivity contribution in [2.24, 2.45) is 5.92 Å². The molecule has 0 aliphatic heterocycles. The molecule has 0 aromatic heterocycles. The first-order valence-electron chi connectivity index (χ1n) is 5.12. The van der Waals surface area contributed by atoms with Gasteiger partial charge >= 0.3 is 0 Å². The number of hydrogen-bond donors (Lipinski definition) is 1.